The fourth-order valence-electron chi connectivity index (χ4n) is 2.34. The summed E-state index contributed by atoms with van der Waals surface area (Å²) in [7, 11) is 0. The van der Waals surface area contributed by atoms with E-state index in [0.717, 1.165) is 4.90 Å². The van der Waals surface area contributed by atoms with E-state index >= 15 is 0 Å². The molecule has 0 aliphatic heterocycles. The Hall–Kier alpha value is -2.47. The molecule has 0 heterocycles. The van der Waals surface area contributed by atoms with Gasteiger partial charge in [0.2, 0.25) is 5.91 Å². The van der Waals surface area contributed by atoms with Crippen molar-refractivity contribution in [3.05, 3.63) is 54.6 Å². The third-order valence-electron chi connectivity index (χ3n) is 3.71. The first-order valence-corrected chi connectivity index (χ1v) is 9.59. The number of nitrogens with one attached hydrogen (secondary N) is 1. The number of ether oxygens (including phenoxy) is 1. The molecule has 0 aliphatic rings. The van der Waals surface area contributed by atoms with Crippen molar-refractivity contribution in [3.63, 3.8) is 0 Å². The summed E-state index contributed by atoms with van der Waals surface area (Å²) in [4.78, 5) is 26.9. The molecule has 0 bridgehead atoms. The topological polar surface area (TPSA) is 58.6 Å². The Balaban J connectivity index is 1.84. The Bertz CT molecular complexity index is 718. The minimum atomic E-state index is -0.0878. The molecule has 2 aromatic carbocycles. The van der Waals surface area contributed by atoms with Crippen LogP contribution in [0.15, 0.2) is 59.5 Å². The van der Waals surface area contributed by atoms with Gasteiger partial charge in [0, 0.05) is 29.7 Å². The van der Waals surface area contributed by atoms with Crippen LogP contribution < -0.4 is 10.1 Å². The first-order valence-electron chi connectivity index (χ1n) is 8.60. The second-order valence-corrected chi connectivity index (χ2v) is 6.58. The van der Waals surface area contributed by atoms with Crippen LogP contribution in [0.3, 0.4) is 0 Å². The molecule has 26 heavy (non-hydrogen) atoms. The number of amides is 2. The summed E-state index contributed by atoms with van der Waals surface area (Å²) < 4.78 is 5.56. The van der Waals surface area contributed by atoms with Crippen LogP contribution in [0.5, 0.6) is 5.75 Å². The Morgan fingerprint density at radius 3 is 2.46 bits per heavy atom. The minimum Gasteiger partial charge on any atom is -0.484 e. The highest BCUT2D eigenvalue weighted by atomic mass is 32.2. The average Bonchev–Trinajstić information content (AvgIpc) is 2.67. The SMILES string of the molecule is CCN(CC)C(=O)COc1cccc(NC(=O)CSc2ccccc2)c1. The summed E-state index contributed by atoms with van der Waals surface area (Å²) in [6, 6.07) is 16.9. The highest BCUT2D eigenvalue weighted by molar-refractivity contribution is 8.00. The van der Waals surface area contributed by atoms with Crippen molar-refractivity contribution in [3.8, 4) is 5.75 Å². The molecule has 2 rings (SSSR count). The van der Waals surface area contributed by atoms with Gasteiger partial charge in [0.1, 0.15) is 5.75 Å². The minimum absolute atomic E-state index is 0.0110. The largest absolute Gasteiger partial charge is 0.484 e. The van der Waals surface area contributed by atoms with Crippen molar-refractivity contribution < 1.29 is 14.3 Å². The van der Waals surface area contributed by atoms with E-state index in [1.54, 1.807) is 29.2 Å². The molecule has 0 radical (unpaired) electrons. The fourth-order valence-corrected chi connectivity index (χ4v) is 3.06. The number of hydrogen-bond acceptors (Lipinski definition) is 4. The maximum atomic E-state index is 12.1. The highest BCUT2D eigenvalue weighted by Crippen LogP contribution is 2.20. The van der Waals surface area contributed by atoms with Gasteiger partial charge in [-0.15, -0.1) is 11.8 Å². The predicted octanol–water partition coefficient (Wildman–Crippen LogP) is 3.66. The summed E-state index contributed by atoms with van der Waals surface area (Å²) in [6.07, 6.45) is 0. The van der Waals surface area contributed by atoms with Gasteiger partial charge in [0.15, 0.2) is 6.61 Å². The van der Waals surface area contributed by atoms with Crippen LogP contribution in [0, 0.1) is 0 Å². The Morgan fingerprint density at radius 2 is 1.77 bits per heavy atom. The molecule has 0 aliphatic carbocycles. The van der Waals surface area contributed by atoms with Gasteiger partial charge in [-0.05, 0) is 38.1 Å². The molecule has 138 valence electrons. The first kappa shape index (κ1) is 19.8. The molecular weight excluding hydrogens is 348 g/mol. The summed E-state index contributed by atoms with van der Waals surface area (Å²) in [5.74, 6) is 0.744. The van der Waals surface area contributed by atoms with Gasteiger partial charge in [-0.2, -0.15) is 0 Å². The van der Waals surface area contributed by atoms with Crippen LogP contribution in [-0.2, 0) is 9.59 Å². The smallest absolute Gasteiger partial charge is 0.260 e. The van der Waals surface area contributed by atoms with Gasteiger partial charge in [-0.3, -0.25) is 9.59 Å². The highest BCUT2D eigenvalue weighted by Gasteiger charge is 2.10. The van der Waals surface area contributed by atoms with Crippen molar-refractivity contribution in [2.75, 3.05) is 30.8 Å². The molecule has 1 N–H and O–H groups in total. The number of carbonyl (C=O) groups is 2. The second kappa shape index (κ2) is 10.5. The van der Waals surface area contributed by atoms with Crippen molar-refractivity contribution in [2.24, 2.45) is 0 Å². The van der Waals surface area contributed by atoms with Gasteiger partial charge in [-0.25, -0.2) is 0 Å². The summed E-state index contributed by atoms with van der Waals surface area (Å²) >= 11 is 1.48. The predicted molar refractivity (Wildman–Crippen MR) is 106 cm³/mol. The molecule has 6 heteroatoms. The normalized spacial score (nSPS) is 10.2. The molecule has 0 spiro atoms. The Labute approximate surface area is 158 Å². The Kier molecular flexibility index (Phi) is 8.02. The van der Waals surface area contributed by atoms with E-state index in [9.17, 15) is 9.59 Å². The maximum absolute atomic E-state index is 12.1. The molecule has 0 fully saturated rings. The lowest BCUT2D eigenvalue weighted by atomic mass is 10.3. The standard InChI is InChI=1S/C20H24N2O3S/c1-3-22(4-2)20(24)14-25-17-10-8-9-16(13-17)21-19(23)15-26-18-11-6-5-7-12-18/h5-13H,3-4,14-15H2,1-2H3,(H,21,23). The number of hydrogen-bond donors (Lipinski definition) is 1. The zero-order valence-electron chi connectivity index (χ0n) is 15.1. The molecule has 0 saturated carbocycles. The number of nitrogens with zero attached hydrogens (tertiary/aromatic N) is 1. The van der Waals surface area contributed by atoms with Crippen LogP contribution in [0.25, 0.3) is 0 Å². The molecule has 5 nitrogen and oxygen atoms in total. The third-order valence-corrected chi connectivity index (χ3v) is 4.72. The molecule has 2 amide bonds. The van der Waals surface area contributed by atoms with E-state index in [1.165, 1.54) is 11.8 Å². The molecule has 0 aromatic heterocycles. The van der Waals surface area contributed by atoms with E-state index in [-0.39, 0.29) is 18.4 Å². The lowest BCUT2D eigenvalue weighted by Gasteiger charge is -2.18. The van der Waals surface area contributed by atoms with Gasteiger partial charge in [0.05, 0.1) is 5.75 Å². The number of thioether (sulfide) groups is 1. The van der Waals surface area contributed by atoms with Crippen LogP contribution in [0.4, 0.5) is 5.69 Å². The molecule has 0 unspecified atom stereocenters. The van der Waals surface area contributed by atoms with Gasteiger partial charge < -0.3 is 15.0 Å². The number of rotatable bonds is 9. The van der Waals surface area contributed by atoms with E-state index in [2.05, 4.69) is 5.32 Å². The Morgan fingerprint density at radius 1 is 1.04 bits per heavy atom. The van der Waals surface area contributed by atoms with Crippen LogP contribution >= 0.6 is 11.8 Å². The van der Waals surface area contributed by atoms with Crippen molar-refractivity contribution in [1.82, 2.24) is 4.90 Å². The van der Waals surface area contributed by atoms with Crippen molar-refractivity contribution >= 4 is 29.3 Å². The molecule has 0 atom stereocenters. The zero-order chi connectivity index (χ0) is 18.8. The van der Waals surface area contributed by atoms with Gasteiger partial charge >= 0.3 is 0 Å². The second-order valence-electron chi connectivity index (χ2n) is 5.53. The number of likely N-dealkylation sites (N-methyl/N-ethyl adjacent to an activating group) is 1. The quantitative estimate of drug-likeness (QED) is 0.683. The summed E-state index contributed by atoms with van der Waals surface area (Å²) in [6.45, 7) is 5.18. The molecule has 2 aromatic rings. The van der Waals surface area contributed by atoms with Crippen LogP contribution in [-0.4, -0.2) is 42.2 Å². The van der Waals surface area contributed by atoms with Crippen molar-refractivity contribution in [1.29, 1.82) is 0 Å². The monoisotopic (exact) mass is 372 g/mol. The van der Waals surface area contributed by atoms with E-state index in [1.807, 2.05) is 44.2 Å². The van der Waals surface area contributed by atoms with Gasteiger partial charge in [0.25, 0.3) is 5.91 Å². The fraction of sp³-hybridized carbons (Fsp3) is 0.300. The maximum Gasteiger partial charge on any atom is 0.260 e. The van der Waals surface area contributed by atoms with Crippen LogP contribution in [0.2, 0.25) is 0 Å². The summed E-state index contributed by atoms with van der Waals surface area (Å²) in [5, 5.41) is 2.85. The first-order chi connectivity index (χ1) is 12.6. The molecular formula is C20H24N2O3S. The number of carbonyl (C=O) groups excluding carboxylic acids is 2. The van der Waals surface area contributed by atoms with E-state index in [4.69, 9.17) is 4.74 Å². The van der Waals surface area contributed by atoms with Gasteiger partial charge in [-0.1, -0.05) is 24.3 Å². The van der Waals surface area contributed by atoms with Crippen molar-refractivity contribution in [2.45, 2.75) is 18.7 Å². The zero-order valence-corrected chi connectivity index (χ0v) is 15.9. The lowest BCUT2D eigenvalue weighted by molar-refractivity contribution is -0.133. The number of benzene rings is 2. The lowest BCUT2D eigenvalue weighted by Crippen LogP contribution is -2.34. The average molecular weight is 372 g/mol. The molecule has 0 saturated heterocycles. The van der Waals surface area contributed by atoms with Crippen LogP contribution in [0.1, 0.15) is 13.8 Å². The third kappa shape index (κ3) is 6.44. The van der Waals surface area contributed by atoms with E-state index < -0.39 is 0 Å². The number of anilines is 1. The summed E-state index contributed by atoms with van der Waals surface area (Å²) in [5.41, 5.74) is 0.649. The van der Waals surface area contributed by atoms with E-state index in [0.29, 0.717) is 30.3 Å².